The summed E-state index contributed by atoms with van der Waals surface area (Å²) in [5.74, 6) is 1.25. The molecule has 156 valence electrons. The average Bonchev–Trinajstić information content (AvgIpc) is 2.68. The molecule has 0 atom stereocenters. The first kappa shape index (κ1) is 20.2. The Balaban J connectivity index is 1.59. The Kier molecular flexibility index (Phi) is 5.63. The van der Waals surface area contributed by atoms with Crippen molar-refractivity contribution in [2.24, 2.45) is 0 Å². The third kappa shape index (κ3) is 4.26. The first-order valence-electron chi connectivity index (χ1n) is 10.1. The van der Waals surface area contributed by atoms with E-state index < -0.39 is 5.82 Å². The van der Waals surface area contributed by atoms with Crippen molar-refractivity contribution in [1.29, 1.82) is 0 Å². The van der Waals surface area contributed by atoms with E-state index in [1.54, 1.807) is 12.3 Å². The second-order valence-corrected chi connectivity index (χ2v) is 7.77. The summed E-state index contributed by atoms with van der Waals surface area (Å²) >= 11 is 0. The predicted molar refractivity (Wildman–Crippen MR) is 116 cm³/mol. The molecule has 1 fully saturated rings. The van der Waals surface area contributed by atoms with Gasteiger partial charge in [-0.15, -0.1) is 0 Å². The first-order valence-corrected chi connectivity index (χ1v) is 10.1. The van der Waals surface area contributed by atoms with Crippen LogP contribution in [-0.2, 0) is 0 Å². The largest absolute Gasteiger partial charge is 0.437 e. The minimum absolute atomic E-state index is 0.316. The Labute approximate surface area is 176 Å². The van der Waals surface area contributed by atoms with Gasteiger partial charge in [-0.1, -0.05) is 18.2 Å². The molecule has 0 unspecified atom stereocenters. The molecule has 7 heteroatoms. The Morgan fingerprint density at radius 2 is 1.67 bits per heavy atom. The molecule has 30 heavy (non-hydrogen) atoms. The van der Waals surface area contributed by atoms with Gasteiger partial charge in [-0.3, -0.25) is 0 Å². The summed E-state index contributed by atoms with van der Waals surface area (Å²) in [6, 6.07) is 9.29. The molecule has 0 aliphatic carbocycles. The lowest BCUT2D eigenvalue weighted by molar-refractivity contribution is 0.310. The van der Waals surface area contributed by atoms with Gasteiger partial charge in [0.25, 0.3) is 0 Å². The fourth-order valence-electron chi connectivity index (χ4n) is 3.78. The van der Waals surface area contributed by atoms with Crippen LogP contribution in [0.25, 0.3) is 11.3 Å². The van der Waals surface area contributed by atoms with Crippen LogP contribution in [0.3, 0.4) is 0 Å². The van der Waals surface area contributed by atoms with E-state index in [9.17, 15) is 4.39 Å². The van der Waals surface area contributed by atoms with Gasteiger partial charge in [0, 0.05) is 43.9 Å². The second kappa shape index (κ2) is 8.36. The molecule has 6 nitrogen and oxygen atoms in total. The van der Waals surface area contributed by atoms with Crippen LogP contribution in [0.5, 0.6) is 11.6 Å². The Bertz CT molecular complexity index is 1040. The van der Waals surface area contributed by atoms with Crippen molar-refractivity contribution in [2.45, 2.75) is 20.8 Å². The van der Waals surface area contributed by atoms with Crippen molar-refractivity contribution in [3.63, 3.8) is 0 Å². The number of hydrogen-bond acceptors (Lipinski definition) is 6. The maximum Gasteiger partial charge on any atom is 0.223 e. The maximum atomic E-state index is 14.7. The van der Waals surface area contributed by atoms with Crippen molar-refractivity contribution in [3.8, 4) is 22.9 Å². The lowest BCUT2D eigenvalue weighted by Gasteiger charge is -2.33. The zero-order valence-electron chi connectivity index (χ0n) is 17.8. The highest BCUT2D eigenvalue weighted by Crippen LogP contribution is 2.30. The molecule has 1 aromatic carbocycles. The van der Waals surface area contributed by atoms with Crippen LogP contribution >= 0.6 is 0 Å². The Hall–Kier alpha value is -3.06. The fourth-order valence-corrected chi connectivity index (χ4v) is 3.78. The molecule has 1 saturated heterocycles. The van der Waals surface area contributed by atoms with Crippen LogP contribution in [0.2, 0.25) is 0 Å². The van der Waals surface area contributed by atoms with Crippen LogP contribution in [-0.4, -0.2) is 53.1 Å². The molecule has 4 rings (SSSR count). The summed E-state index contributed by atoms with van der Waals surface area (Å²) in [6.45, 7) is 9.21. The minimum atomic E-state index is -0.391. The van der Waals surface area contributed by atoms with Crippen LogP contribution < -0.4 is 9.64 Å². The third-order valence-electron chi connectivity index (χ3n) is 5.37. The molecular formula is C23H26FN5O. The third-order valence-corrected chi connectivity index (χ3v) is 5.37. The number of pyridine rings is 1. The molecule has 0 amide bonds. The lowest BCUT2D eigenvalue weighted by atomic mass is 10.00. The van der Waals surface area contributed by atoms with Gasteiger partial charge in [0.2, 0.25) is 5.88 Å². The predicted octanol–water partition coefficient (Wildman–Crippen LogP) is 4.15. The summed E-state index contributed by atoms with van der Waals surface area (Å²) < 4.78 is 20.6. The van der Waals surface area contributed by atoms with Gasteiger partial charge in [-0.2, -0.15) is 4.98 Å². The van der Waals surface area contributed by atoms with E-state index in [0.717, 1.165) is 48.6 Å². The molecule has 0 bridgehead atoms. The standard InChI is InChI=1S/C23H26FN5O/c1-15-6-5-7-16(2)22(15)20-13-21(27-17(3)26-20)30-18-12-19(24)23(25-14-18)29-10-8-28(4)9-11-29/h5-7,12-14H,8-11H2,1-4H3. The smallest absolute Gasteiger partial charge is 0.223 e. The number of aromatic nitrogens is 3. The van der Waals surface area contributed by atoms with Crippen molar-refractivity contribution in [3.05, 3.63) is 59.3 Å². The first-order chi connectivity index (χ1) is 14.4. The van der Waals surface area contributed by atoms with Gasteiger partial charge < -0.3 is 14.5 Å². The van der Waals surface area contributed by atoms with E-state index in [2.05, 4.69) is 52.9 Å². The van der Waals surface area contributed by atoms with Gasteiger partial charge >= 0.3 is 0 Å². The van der Waals surface area contributed by atoms with Crippen LogP contribution in [0.4, 0.5) is 10.2 Å². The minimum Gasteiger partial charge on any atom is -0.437 e. The molecule has 0 radical (unpaired) electrons. The average molecular weight is 407 g/mol. The number of rotatable bonds is 4. The van der Waals surface area contributed by atoms with Gasteiger partial charge in [0.1, 0.15) is 5.82 Å². The number of ether oxygens (including phenoxy) is 1. The SMILES string of the molecule is Cc1nc(Oc2cnc(N3CCN(C)CC3)c(F)c2)cc(-c2c(C)cccc2C)n1. The van der Waals surface area contributed by atoms with Gasteiger partial charge in [0.05, 0.1) is 11.9 Å². The summed E-state index contributed by atoms with van der Waals surface area (Å²) in [7, 11) is 2.06. The highest BCUT2D eigenvalue weighted by atomic mass is 19.1. The zero-order valence-corrected chi connectivity index (χ0v) is 17.8. The van der Waals surface area contributed by atoms with E-state index >= 15 is 0 Å². The van der Waals surface area contributed by atoms with Gasteiger partial charge in [0.15, 0.2) is 17.4 Å². The summed E-state index contributed by atoms with van der Waals surface area (Å²) in [5, 5.41) is 0. The summed E-state index contributed by atoms with van der Waals surface area (Å²) in [4.78, 5) is 17.4. The molecule has 1 aliphatic rings. The number of halogens is 1. The van der Waals surface area contributed by atoms with E-state index in [0.29, 0.717) is 23.3 Å². The maximum absolute atomic E-state index is 14.7. The van der Waals surface area contributed by atoms with Crippen molar-refractivity contribution in [1.82, 2.24) is 19.9 Å². The highest BCUT2D eigenvalue weighted by molar-refractivity contribution is 5.68. The molecule has 0 saturated carbocycles. The van der Waals surface area contributed by atoms with E-state index in [1.165, 1.54) is 6.07 Å². The Morgan fingerprint density at radius 1 is 0.967 bits per heavy atom. The highest BCUT2D eigenvalue weighted by Gasteiger charge is 2.19. The number of nitrogens with zero attached hydrogens (tertiary/aromatic N) is 5. The van der Waals surface area contributed by atoms with Gasteiger partial charge in [-0.05, 0) is 38.9 Å². The number of likely N-dealkylation sites (N-methyl/N-ethyl adjacent to an activating group) is 1. The van der Waals surface area contributed by atoms with Crippen molar-refractivity contribution < 1.29 is 9.13 Å². The van der Waals surface area contributed by atoms with Crippen molar-refractivity contribution in [2.75, 3.05) is 38.1 Å². The quantitative estimate of drug-likeness (QED) is 0.648. The molecule has 0 spiro atoms. The monoisotopic (exact) mass is 407 g/mol. The summed E-state index contributed by atoms with van der Waals surface area (Å²) in [6.07, 6.45) is 1.55. The van der Waals surface area contributed by atoms with E-state index in [4.69, 9.17) is 4.74 Å². The van der Waals surface area contributed by atoms with Crippen LogP contribution in [0.1, 0.15) is 17.0 Å². The van der Waals surface area contributed by atoms with E-state index in [-0.39, 0.29) is 0 Å². The van der Waals surface area contributed by atoms with Gasteiger partial charge in [-0.25, -0.2) is 14.4 Å². The van der Waals surface area contributed by atoms with Crippen molar-refractivity contribution >= 4 is 5.82 Å². The molecule has 3 aromatic rings. The topological polar surface area (TPSA) is 54.4 Å². The molecule has 3 heterocycles. The van der Waals surface area contributed by atoms with E-state index in [1.807, 2.05) is 17.9 Å². The fraction of sp³-hybridized carbons (Fsp3) is 0.348. The number of benzene rings is 1. The van der Waals surface area contributed by atoms with Crippen LogP contribution in [0.15, 0.2) is 36.5 Å². The molecule has 2 aromatic heterocycles. The number of piperazine rings is 1. The molecule has 1 aliphatic heterocycles. The number of hydrogen-bond donors (Lipinski definition) is 0. The number of aryl methyl sites for hydroxylation is 3. The second-order valence-electron chi connectivity index (χ2n) is 7.77. The molecule has 0 N–H and O–H groups in total. The van der Waals surface area contributed by atoms with Crippen LogP contribution in [0, 0.1) is 26.6 Å². The molecular weight excluding hydrogens is 381 g/mol. The number of anilines is 1. The normalized spacial score (nSPS) is 14.8. The zero-order chi connectivity index (χ0) is 21.3. The lowest BCUT2D eigenvalue weighted by Crippen LogP contribution is -2.45. The summed E-state index contributed by atoms with van der Waals surface area (Å²) in [5.41, 5.74) is 4.10. The Morgan fingerprint density at radius 3 is 2.33 bits per heavy atom.